The highest BCUT2D eigenvalue weighted by atomic mass is 32.2. The first-order valence-electron chi connectivity index (χ1n) is 7.44. The molecule has 0 saturated heterocycles. The Labute approximate surface area is 126 Å². The van der Waals surface area contributed by atoms with Gasteiger partial charge >= 0.3 is 0 Å². The van der Waals surface area contributed by atoms with Crippen LogP contribution in [0.3, 0.4) is 0 Å². The molecule has 0 bridgehead atoms. The molecule has 0 radical (unpaired) electrons. The molecule has 0 spiro atoms. The van der Waals surface area contributed by atoms with Gasteiger partial charge in [-0.1, -0.05) is 19.3 Å². The van der Waals surface area contributed by atoms with E-state index in [1.807, 2.05) is 11.0 Å². The molecule has 0 unspecified atom stereocenters. The van der Waals surface area contributed by atoms with Gasteiger partial charge in [0, 0.05) is 30.8 Å². The van der Waals surface area contributed by atoms with Crippen molar-refractivity contribution in [3.63, 3.8) is 0 Å². The highest BCUT2D eigenvalue weighted by molar-refractivity contribution is 7.90. The van der Waals surface area contributed by atoms with E-state index in [0.717, 1.165) is 31.2 Å². The Kier molecular flexibility index (Phi) is 5.45. The van der Waals surface area contributed by atoms with E-state index in [2.05, 4.69) is 0 Å². The van der Waals surface area contributed by atoms with Crippen LogP contribution in [0.4, 0.5) is 0 Å². The van der Waals surface area contributed by atoms with Gasteiger partial charge < -0.3 is 9.32 Å². The fourth-order valence-corrected chi connectivity index (χ4v) is 3.35. The Morgan fingerprint density at radius 3 is 2.62 bits per heavy atom. The Hall–Kier alpha value is -1.30. The SMILES string of the molecule is CS(=O)(=O)CCC(=O)N(Cc1ccoc1)C1CCCCC1. The van der Waals surface area contributed by atoms with Crippen LogP contribution in [0, 0.1) is 0 Å². The van der Waals surface area contributed by atoms with E-state index in [-0.39, 0.29) is 24.1 Å². The minimum Gasteiger partial charge on any atom is -0.472 e. The molecule has 0 atom stereocenters. The van der Waals surface area contributed by atoms with Gasteiger partial charge in [-0.2, -0.15) is 0 Å². The van der Waals surface area contributed by atoms with Gasteiger partial charge in [0.1, 0.15) is 9.84 Å². The highest BCUT2D eigenvalue weighted by Crippen LogP contribution is 2.25. The standard InChI is InChI=1S/C15H23NO4S/c1-21(18,19)10-8-15(17)16(11-13-7-9-20-12-13)14-5-3-2-4-6-14/h7,9,12,14H,2-6,8,10-11H2,1H3. The largest absolute Gasteiger partial charge is 0.472 e. The van der Waals surface area contributed by atoms with Crippen LogP contribution in [0.5, 0.6) is 0 Å². The third-order valence-corrected chi connectivity index (χ3v) is 4.90. The van der Waals surface area contributed by atoms with Crippen LogP contribution in [-0.4, -0.2) is 37.3 Å². The van der Waals surface area contributed by atoms with Crippen molar-refractivity contribution >= 4 is 15.7 Å². The topological polar surface area (TPSA) is 67.6 Å². The van der Waals surface area contributed by atoms with Gasteiger partial charge in [-0.05, 0) is 18.9 Å². The van der Waals surface area contributed by atoms with E-state index in [1.165, 1.54) is 12.7 Å². The van der Waals surface area contributed by atoms with Crippen LogP contribution < -0.4 is 0 Å². The maximum atomic E-state index is 12.4. The number of hydrogen-bond acceptors (Lipinski definition) is 4. The van der Waals surface area contributed by atoms with Crippen molar-refractivity contribution in [2.45, 2.75) is 51.1 Å². The van der Waals surface area contributed by atoms with Crippen LogP contribution in [0.15, 0.2) is 23.0 Å². The quantitative estimate of drug-likeness (QED) is 0.808. The maximum Gasteiger partial charge on any atom is 0.224 e. The van der Waals surface area contributed by atoms with Crippen LogP contribution in [0.2, 0.25) is 0 Å². The van der Waals surface area contributed by atoms with E-state index in [1.54, 1.807) is 12.5 Å². The average molecular weight is 313 g/mol. The van der Waals surface area contributed by atoms with Crippen LogP contribution in [-0.2, 0) is 21.2 Å². The van der Waals surface area contributed by atoms with E-state index < -0.39 is 9.84 Å². The number of rotatable bonds is 6. The fraction of sp³-hybridized carbons (Fsp3) is 0.667. The highest BCUT2D eigenvalue weighted by Gasteiger charge is 2.26. The zero-order chi connectivity index (χ0) is 15.3. The third-order valence-electron chi connectivity index (χ3n) is 3.96. The summed E-state index contributed by atoms with van der Waals surface area (Å²) >= 11 is 0. The summed E-state index contributed by atoms with van der Waals surface area (Å²) in [7, 11) is -3.11. The lowest BCUT2D eigenvalue weighted by atomic mass is 9.93. The molecule has 5 nitrogen and oxygen atoms in total. The normalized spacial score (nSPS) is 16.8. The predicted octanol–water partition coefficient (Wildman–Crippen LogP) is 2.38. The van der Waals surface area contributed by atoms with Crippen molar-refractivity contribution < 1.29 is 17.6 Å². The molecular formula is C15H23NO4S. The van der Waals surface area contributed by atoms with Crippen molar-refractivity contribution in [2.75, 3.05) is 12.0 Å². The molecule has 1 amide bonds. The molecule has 1 aromatic heterocycles. The lowest BCUT2D eigenvalue weighted by molar-refractivity contribution is -0.134. The van der Waals surface area contributed by atoms with Crippen molar-refractivity contribution in [1.82, 2.24) is 4.90 Å². The molecule has 1 saturated carbocycles. The van der Waals surface area contributed by atoms with E-state index in [4.69, 9.17) is 4.42 Å². The Morgan fingerprint density at radius 1 is 1.33 bits per heavy atom. The maximum absolute atomic E-state index is 12.4. The van der Waals surface area contributed by atoms with Gasteiger partial charge in [0.2, 0.25) is 5.91 Å². The third kappa shape index (κ3) is 5.19. The minimum absolute atomic E-state index is 0.0627. The molecule has 118 valence electrons. The number of furan rings is 1. The van der Waals surface area contributed by atoms with Crippen LogP contribution >= 0.6 is 0 Å². The second-order valence-electron chi connectivity index (χ2n) is 5.82. The summed E-state index contributed by atoms with van der Waals surface area (Å²) in [5, 5.41) is 0. The fourth-order valence-electron chi connectivity index (χ4n) is 2.81. The summed E-state index contributed by atoms with van der Waals surface area (Å²) in [4.78, 5) is 14.3. The van der Waals surface area contributed by atoms with Crippen molar-refractivity contribution in [3.05, 3.63) is 24.2 Å². The zero-order valence-corrected chi connectivity index (χ0v) is 13.3. The molecule has 2 rings (SSSR count). The van der Waals surface area contributed by atoms with Crippen molar-refractivity contribution in [3.8, 4) is 0 Å². The Morgan fingerprint density at radius 2 is 2.05 bits per heavy atom. The van der Waals surface area contributed by atoms with Crippen LogP contribution in [0.1, 0.15) is 44.1 Å². The number of hydrogen-bond donors (Lipinski definition) is 0. The zero-order valence-electron chi connectivity index (χ0n) is 12.5. The first-order chi connectivity index (χ1) is 9.96. The summed E-state index contributed by atoms with van der Waals surface area (Å²) in [5.74, 6) is -0.158. The van der Waals surface area contributed by atoms with Crippen molar-refractivity contribution in [2.24, 2.45) is 0 Å². The number of amides is 1. The van der Waals surface area contributed by atoms with Gasteiger partial charge in [0.25, 0.3) is 0 Å². The average Bonchev–Trinajstić information content (AvgIpc) is 2.95. The molecular weight excluding hydrogens is 290 g/mol. The monoisotopic (exact) mass is 313 g/mol. The van der Waals surface area contributed by atoms with E-state index >= 15 is 0 Å². The smallest absolute Gasteiger partial charge is 0.224 e. The second kappa shape index (κ2) is 7.11. The molecule has 21 heavy (non-hydrogen) atoms. The number of carbonyl (C=O) groups excluding carboxylic acids is 1. The summed E-state index contributed by atoms with van der Waals surface area (Å²) in [6, 6.07) is 2.07. The molecule has 1 aliphatic rings. The number of sulfone groups is 1. The first-order valence-corrected chi connectivity index (χ1v) is 9.50. The van der Waals surface area contributed by atoms with Gasteiger partial charge in [-0.15, -0.1) is 0 Å². The van der Waals surface area contributed by atoms with E-state index in [9.17, 15) is 13.2 Å². The molecule has 1 aliphatic carbocycles. The second-order valence-corrected chi connectivity index (χ2v) is 8.08. The molecule has 1 fully saturated rings. The lowest BCUT2D eigenvalue weighted by Gasteiger charge is -2.34. The number of nitrogens with zero attached hydrogens (tertiary/aromatic N) is 1. The Bertz CT molecular complexity index is 544. The molecule has 0 N–H and O–H groups in total. The van der Waals surface area contributed by atoms with Gasteiger partial charge in [-0.25, -0.2) is 8.42 Å². The van der Waals surface area contributed by atoms with E-state index in [0.29, 0.717) is 6.54 Å². The van der Waals surface area contributed by atoms with Crippen LogP contribution in [0.25, 0.3) is 0 Å². The lowest BCUT2D eigenvalue weighted by Crippen LogP contribution is -2.41. The summed E-state index contributed by atoms with van der Waals surface area (Å²) in [5.41, 5.74) is 0.952. The molecule has 1 aromatic rings. The van der Waals surface area contributed by atoms with Gasteiger partial charge in [0.05, 0.1) is 18.3 Å². The van der Waals surface area contributed by atoms with Gasteiger partial charge in [-0.3, -0.25) is 4.79 Å². The summed E-state index contributed by atoms with van der Waals surface area (Å²) < 4.78 is 27.6. The summed E-state index contributed by atoms with van der Waals surface area (Å²) in [6.07, 6.45) is 9.94. The number of carbonyl (C=O) groups is 1. The summed E-state index contributed by atoms with van der Waals surface area (Å²) in [6.45, 7) is 0.504. The molecule has 0 aromatic carbocycles. The molecule has 6 heteroatoms. The minimum atomic E-state index is -3.11. The Balaban J connectivity index is 2.04. The first kappa shape index (κ1) is 16.1. The molecule has 0 aliphatic heterocycles. The van der Waals surface area contributed by atoms with Crippen molar-refractivity contribution in [1.29, 1.82) is 0 Å². The van der Waals surface area contributed by atoms with Gasteiger partial charge in [0.15, 0.2) is 0 Å². The predicted molar refractivity (Wildman–Crippen MR) is 80.5 cm³/mol. The molecule has 1 heterocycles.